The molecule has 4 heteroatoms. The fraction of sp³-hybridized carbons (Fsp3) is 0.909. The van der Waals surface area contributed by atoms with Crippen LogP contribution in [0.25, 0.3) is 0 Å². The average molecular weight is 216 g/mol. The lowest BCUT2D eigenvalue weighted by Crippen LogP contribution is -2.38. The van der Waals surface area contributed by atoms with Crippen LogP contribution in [0.1, 0.15) is 33.6 Å². The van der Waals surface area contributed by atoms with Crippen molar-refractivity contribution < 1.29 is 9.90 Å². The van der Waals surface area contributed by atoms with Crippen molar-refractivity contribution in [1.29, 1.82) is 0 Å². The molecule has 0 spiro atoms. The summed E-state index contributed by atoms with van der Waals surface area (Å²) in [6, 6.07) is 0.209. The zero-order valence-corrected chi connectivity index (χ0v) is 10.1. The van der Waals surface area contributed by atoms with Crippen molar-refractivity contribution in [2.75, 3.05) is 26.2 Å². The minimum atomic E-state index is 0.0430. The molecular weight excluding hydrogens is 192 g/mol. The maximum Gasteiger partial charge on any atom is 0.224 e. The van der Waals surface area contributed by atoms with Crippen LogP contribution in [-0.4, -0.2) is 48.2 Å². The largest absolute Gasteiger partial charge is 0.395 e. The Morgan fingerprint density at radius 1 is 1.40 bits per heavy atom. The van der Waals surface area contributed by atoms with Crippen LogP contribution in [0.15, 0.2) is 0 Å². The number of carbonyl (C=O) groups excluding carboxylic acids is 1. The van der Waals surface area contributed by atoms with Crippen molar-refractivity contribution in [3.8, 4) is 0 Å². The van der Waals surface area contributed by atoms with E-state index >= 15 is 0 Å². The standard InChI is InChI=1S/C11H24N2O2/c1-4-6-13(7-8-14)11(15)9-10(3)12-5-2/h10,12,14H,4-9H2,1-3H3. The van der Waals surface area contributed by atoms with Crippen LogP contribution in [0.3, 0.4) is 0 Å². The number of amides is 1. The second kappa shape index (κ2) is 8.68. The first-order chi connectivity index (χ1) is 7.15. The molecule has 0 heterocycles. The molecule has 4 nitrogen and oxygen atoms in total. The Balaban J connectivity index is 4.00. The Morgan fingerprint density at radius 2 is 2.07 bits per heavy atom. The molecular formula is C11H24N2O2. The van der Waals surface area contributed by atoms with Crippen LogP contribution in [0.4, 0.5) is 0 Å². The van der Waals surface area contributed by atoms with Crippen molar-refractivity contribution in [2.24, 2.45) is 0 Å². The highest BCUT2D eigenvalue weighted by atomic mass is 16.3. The normalized spacial score (nSPS) is 12.5. The van der Waals surface area contributed by atoms with E-state index in [9.17, 15) is 4.79 Å². The van der Waals surface area contributed by atoms with E-state index in [0.717, 1.165) is 19.5 Å². The van der Waals surface area contributed by atoms with Gasteiger partial charge in [-0.05, 0) is 19.9 Å². The first-order valence-corrected chi connectivity index (χ1v) is 5.77. The number of nitrogens with zero attached hydrogens (tertiary/aromatic N) is 1. The minimum absolute atomic E-state index is 0.0430. The molecule has 0 aliphatic carbocycles. The molecule has 1 amide bonds. The second-order valence-corrected chi connectivity index (χ2v) is 3.77. The predicted molar refractivity (Wildman–Crippen MR) is 61.7 cm³/mol. The Kier molecular flexibility index (Phi) is 8.33. The van der Waals surface area contributed by atoms with Crippen LogP contribution in [0, 0.1) is 0 Å². The lowest BCUT2D eigenvalue weighted by atomic mass is 10.2. The van der Waals surface area contributed by atoms with E-state index in [1.807, 2.05) is 20.8 Å². The summed E-state index contributed by atoms with van der Waals surface area (Å²) in [6.07, 6.45) is 1.44. The summed E-state index contributed by atoms with van der Waals surface area (Å²) in [5.74, 6) is 0.124. The van der Waals surface area contributed by atoms with Crippen molar-refractivity contribution in [3.63, 3.8) is 0 Å². The molecule has 0 aromatic heterocycles. The van der Waals surface area contributed by atoms with Gasteiger partial charge in [0.2, 0.25) is 5.91 Å². The highest BCUT2D eigenvalue weighted by Crippen LogP contribution is 1.99. The molecule has 2 N–H and O–H groups in total. The molecule has 0 aromatic carbocycles. The topological polar surface area (TPSA) is 52.6 Å². The van der Waals surface area contributed by atoms with E-state index in [2.05, 4.69) is 5.32 Å². The molecule has 0 saturated carbocycles. The molecule has 15 heavy (non-hydrogen) atoms. The van der Waals surface area contributed by atoms with Crippen LogP contribution < -0.4 is 5.32 Å². The predicted octanol–water partition coefficient (Wildman–Crippen LogP) is 0.605. The molecule has 0 saturated heterocycles. The molecule has 0 fully saturated rings. The fourth-order valence-electron chi connectivity index (χ4n) is 1.56. The lowest BCUT2D eigenvalue weighted by molar-refractivity contribution is -0.132. The van der Waals surface area contributed by atoms with Gasteiger partial charge in [-0.2, -0.15) is 0 Å². The van der Waals surface area contributed by atoms with E-state index in [1.54, 1.807) is 4.90 Å². The molecule has 90 valence electrons. The molecule has 0 aromatic rings. The van der Waals surface area contributed by atoms with Crippen LogP contribution in [-0.2, 0) is 4.79 Å². The third-order valence-electron chi connectivity index (χ3n) is 2.25. The smallest absolute Gasteiger partial charge is 0.224 e. The molecule has 0 aliphatic rings. The maximum absolute atomic E-state index is 11.8. The van der Waals surface area contributed by atoms with Gasteiger partial charge in [-0.3, -0.25) is 4.79 Å². The number of hydrogen-bond donors (Lipinski definition) is 2. The minimum Gasteiger partial charge on any atom is -0.395 e. The zero-order chi connectivity index (χ0) is 11.7. The highest BCUT2D eigenvalue weighted by molar-refractivity contribution is 5.76. The summed E-state index contributed by atoms with van der Waals surface area (Å²) in [5.41, 5.74) is 0. The molecule has 1 atom stereocenters. The number of aliphatic hydroxyl groups is 1. The summed E-state index contributed by atoms with van der Waals surface area (Å²) in [4.78, 5) is 13.5. The van der Waals surface area contributed by atoms with Gasteiger partial charge in [-0.15, -0.1) is 0 Å². The molecule has 0 aliphatic heterocycles. The SMILES string of the molecule is CCCN(CCO)C(=O)CC(C)NCC. The van der Waals surface area contributed by atoms with E-state index in [1.165, 1.54) is 0 Å². The first kappa shape index (κ1) is 14.4. The number of rotatable bonds is 8. The summed E-state index contributed by atoms with van der Waals surface area (Å²) in [5, 5.41) is 12.0. The quantitative estimate of drug-likeness (QED) is 0.625. The maximum atomic E-state index is 11.8. The van der Waals surface area contributed by atoms with Crippen molar-refractivity contribution in [3.05, 3.63) is 0 Å². The first-order valence-electron chi connectivity index (χ1n) is 5.77. The molecule has 0 radical (unpaired) electrons. The summed E-state index contributed by atoms with van der Waals surface area (Å²) >= 11 is 0. The van der Waals surface area contributed by atoms with Gasteiger partial charge in [0.15, 0.2) is 0 Å². The van der Waals surface area contributed by atoms with E-state index in [0.29, 0.717) is 13.0 Å². The van der Waals surface area contributed by atoms with Gasteiger partial charge in [0.25, 0.3) is 0 Å². The fourth-order valence-corrected chi connectivity index (χ4v) is 1.56. The Morgan fingerprint density at radius 3 is 2.53 bits per heavy atom. The number of carbonyl (C=O) groups is 1. The molecule has 1 unspecified atom stereocenters. The van der Waals surface area contributed by atoms with E-state index in [4.69, 9.17) is 5.11 Å². The summed E-state index contributed by atoms with van der Waals surface area (Å²) in [7, 11) is 0. The van der Waals surface area contributed by atoms with Gasteiger partial charge in [-0.25, -0.2) is 0 Å². The van der Waals surface area contributed by atoms with Crippen LogP contribution in [0.5, 0.6) is 0 Å². The number of hydrogen-bond acceptors (Lipinski definition) is 3. The monoisotopic (exact) mass is 216 g/mol. The van der Waals surface area contributed by atoms with Crippen LogP contribution >= 0.6 is 0 Å². The van der Waals surface area contributed by atoms with Crippen molar-refractivity contribution >= 4 is 5.91 Å². The van der Waals surface area contributed by atoms with Crippen LogP contribution in [0.2, 0.25) is 0 Å². The van der Waals surface area contributed by atoms with E-state index in [-0.39, 0.29) is 18.6 Å². The van der Waals surface area contributed by atoms with Gasteiger partial charge in [0.1, 0.15) is 0 Å². The number of aliphatic hydroxyl groups excluding tert-OH is 1. The third-order valence-corrected chi connectivity index (χ3v) is 2.25. The lowest BCUT2D eigenvalue weighted by Gasteiger charge is -2.23. The molecule has 0 bridgehead atoms. The van der Waals surface area contributed by atoms with Gasteiger partial charge in [0.05, 0.1) is 6.61 Å². The van der Waals surface area contributed by atoms with Gasteiger partial charge in [0, 0.05) is 25.6 Å². The van der Waals surface area contributed by atoms with Crippen molar-refractivity contribution in [1.82, 2.24) is 10.2 Å². The van der Waals surface area contributed by atoms with Gasteiger partial charge < -0.3 is 15.3 Å². The third kappa shape index (κ3) is 6.47. The molecule has 0 rings (SSSR count). The van der Waals surface area contributed by atoms with Gasteiger partial charge in [-0.1, -0.05) is 13.8 Å². The van der Waals surface area contributed by atoms with Crippen molar-refractivity contribution in [2.45, 2.75) is 39.7 Å². The van der Waals surface area contributed by atoms with Gasteiger partial charge >= 0.3 is 0 Å². The Labute approximate surface area is 92.7 Å². The highest BCUT2D eigenvalue weighted by Gasteiger charge is 2.14. The zero-order valence-electron chi connectivity index (χ0n) is 10.1. The number of nitrogens with one attached hydrogen (secondary N) is 1. The average Bonchev–Trinajstić information content (AvgIpc) is 2.17. The Hall–Kier alpha value is -0.610. The second-order valence-electron chi connectivity index (χ2n) is 3.77. The summed E-state index contributed by atoms with van der Waals surface area (Å²) < 4.78 is 0. The van der Waals surface area contributed by atoms with E-state index < -0.39 is 0 Å². The summed E-state index contributed by atoms with van der Waals surface area (Å²) in [6.45, 7) is 8.17. The Bertz CT molecular complexity index is 168.